The summed E-state index contributed by atoms with van der Waals surface area (Å²) in [7, 11) is 0. The van der Waals surface area contributed by atoms with Crippen molar-refractivity contribution in [3.63, 3.8) is 0 Å². The van der Waals surface area contributed by atoms with E-state index >= 15 is 0 Å². The number of rotatable bonds is 2. The Bertz CT molecular complexity index is 297. The molecule has 0 aliphatic heterocycles. The Balaban J connectivity index is 2.87. The average molecular weight is 188 g/mol. The van der Waals surface area contributed by atoms with Crippen LogP contribution in [-0.4, -0.2) is 22.7 Å². The van der Waals surface area contributed by atoms with E-state index in [1.54, 1.807) is 6.92 Å². The maximum Gasteiger partial charge on any atom is 0.354 e. The summed E-state index contributed by atoms with van der Waals surface area (Å²) in [6.07, 6.45) is 0. The van der Waals surface area contributed by atoms with E-state index in [1.807, 2.05) is 0 Å². The molecule has 66 valence electrons. The molecule has 0 saturated heterocycles. The zero-order chi connectivity index (χ0) is 9.14. The van der Waals surface area contributed by atoms with Crippen LogP contribution < -0.4 is 5.73 Å². The topological polar surface area (TPSA) is 85.4 Å². The van der Waals surface area contributed by atoms with Gasteiger partial charge in [0.15, 0.2) is 10.0 Å². The van der Waals surface area contributed by atoms with Gasteiger partial charge in [-0.05, 0) is 6.92 Å². The van der Waals surface area contributed by atoms with Crippen LogP contribution in [-0.2, 0) is 4.74 Å². The van der Waals surface area contributed by atoms with Gasteiger partial charge in [-0.2, -0.15) is 4.98 Å². The number of thiazole rings is 1. The molecule has 1 aromatic rings. The first-order valence-corrected chi connectivity index (χ1v) is 4.09. The number of aromatic nitrogens is 1. The Labute approximate surface area is 72.8 Å². The van der Waals surface area contributed by atoms with Gasteiger partial charge in [-0.1, -0.05) is 11.3 Å². The Morgan fingerprint density at radius 3 is 2.92 bits per heavy atom. The van der Waals surface area contributed by atoms with E-state index in [0.29, 0.717) is 0 Å². The summed E-state index contributed by atoms with van der Waals surface area (Å²) in [6, 6.07) is 0. The first kappa shape index (κ1) is 8.79. The van der Waals surface area contributed by atoms with Crippen LogP contribution >= 0.6 is 11.3 Å². The first-order valence-electron chi connectivity index (χ1n) is 3.27. The average Bonchev–Trinajstić information content (AvgIpc) is 2.30. The van der Waals surface area contributed by atoms with Crippen LogP contribution in [0.15, 0.2) is 0 Å². The molecule has 0 atom stereocenters. The van der Waals surface area contributed by atoms with Crippen molar-refractivity contribution in [3.05, 3.63) is 4.88 Å². The normalized spacial score (nSPS) is 9.75. The number of nitrogens with zero attached hydrogens (tertiary/aromatic N) is 1. The molecule has 5 nitrogen and oxygen atoms in total. The fourth-order valence-corrected chi connectivity index (χ4v) is 1.28. The number of aromatic hydroxyl groups is 1. The van der Waals surface area contributed by atoms with E-state index in [1.165, 1.54) is 0 Å². The SMILES string of the molecule is CCOC(=O)c1sc(N)nc1O. The summed E-state index contributed by atoms with van der Waals surface area (Å²) in [5.74, 6) is -0.958. The molecule has 0 radical (unpaired) electrons. The minimum absolute atomic E-state index is 0.0503. The Morgan fingerprint density at radius 1 is 1.83 bits per heavy atom. The second kappa shape index (κ2) is 3.40. The van der Waals surface area contributed by atoms with E-state index in [0.717, 1.165) is 11.3 Å². The van der Waals surface area contributed by atoms with Crippen LogP contribution in [0.4, 0.5) is 5.13 Å². The highest BCUT2D eigenvalue weighted by Gasteiger charge is 2.17. The summed E-state index contributed by atoms with van der Waals surface area (Å²) in [5.41, 5.74) is 5.25. The maximum atomic E-state index is 11.0. The van der Waals surface area contributed by atoms with Crippen LogP contribution in [0.1, 0.15) is 16.6 Å². The zero-order valence-corrected chi connectivity index (χ0v) is 7.22. The van der Waals surface area contributed by atoms with Gasteiger partial charge < -0.3 is 15.6 Å². The van der Waals surface area contributed by atoms with E-state index in [-0.39, 0.29) is 22.5 Å². The predicted octanol–water partition coefficient (Wildman–Crippen LogP) is 0.608. The third-order valence-corrected chi connectivity index (χ3v) is 1.94. The molecule has 0 unspecified atom stereocenters. The lowest BCUT2D eigenvalue weighted by Gasteiger charge is -1.96. The molecular formula is C6H8N2O3S. The molecular weight excluding hydrogens is 180 g/mol. The molecule has 0 aromatic carbocycles. The van der Waals surface area contributed by atoms with Crippen molar-refractivity contribution in [2.24, 2.45) is 0 Å². The maximum absolute atomic E-state index is 11.0. The minimum Gasteiger partial charge on any atom is -0.492 e. The van der Waals surface area contributed by atoms with Crippen molar-refractivity contribution in [2.45, 2.75) is 6.92 Å². The van der Waals surface area contributed by atoms with Gasteiger partial charge >= 0.3 is 5.97 Å². The van der Waals surface area contributed by atoms with Gasteiger partial charge in [-0.25, -0.2) is 4.79 Å². The largest absolute Gasteiger partial charge is 0.492 e. The van der Waals surface area contributed by atoms with E-state index in [9.17, 15) is 4.79 Å². The number of carbonyl (C=O) groups excluding carboxylic acids is 1. The van der Waals surface area contributed by atoms with Crippen molar-refractivity contribution in [2.75, 3.05) is 12.3 Å². The fourth-order valence-electron chi connectivity index (χ4n) is 0.658. The number of anilines is 1. The highest BCUT2D eigenvalue weighted by Crippen LogP contribution is 2.26. The summed E-state index contributed by atoms with van der Waals surface area (Å²) in [5, 5.41) is 9.20. The third-order valence-electron chi connectivity index (χ3n) is 1.09. The van der Waals surface area contributed by atoms with Gasteiger partial charge in [-0.3, -0.25) is 0 Å². The molecule has 0 amide bonds. The molecule has 6 heteroatoms. The summed E-state index contributed by atoms with van der Waals surface area (Å²) < 4.78 is 4.64. The molecule has 0 spiro atoms. The van der Waals surface area contributed by atoms with Gasteiger partial charge in [0.25, 0.3) is 0 Å². The van der Waals surface area contributed by atoms with Crippen molar-refractivity contribution < 1.29 is 14.6 Å². The van der Waals surface area contributed by atoms with Gasteiger partial charge in [0.1, 0.15) is 0 Å². The van der Waals surface area contributed by atoms with Gasteiger partial charge in [0.05, 0.1) is 6.61 Å². The van der Waals surface area contributed by atoms with E-state index in [2.05, 4.69) is 9.72 Å². The van der Waals surface area contributed by atoms with Crippen LogP contribution in [0.5, 0.6) is 5.88 Å². The lowest BCUT2D eigenvalue weighted by Crippen LogP contribution is -2.02. The molecule has 1 rings (SSSR count). The summed E-state index contributed by atoms with van der Waals surface area (Å²) >= 11 is 0.905. The standard InChI is InChI=1S/C6H8N2O3S/c1-2-11-5(10)3-4(9)8-6(7)12-3/h9H,2H2,1H3,(H2,7,8). The highest BCUT2D eigenvalue weighted by atomic mass is 32.1. The van der Waals surface area contributed by atoms with Gasteiger partial charge in [0, 0.05) is 0 Å². The smallest absolute Gasteiger partial charge is 0.354 e. The lowest BCUT2D eigenvalue weighted by atomic mass is 10.5. The molecule has 12 heavy (non-hydrogen) atoms. The molecule has 0 aliphatic rings. The quantitative estimate of drug-likeness (QED) is 0.664. The van der Waals surface area contributed by atoms with Crippen LogP contribution in [0.3, 0.4) is 0 Å². The second-order valence-corrected chi connectivity index (χ2v) is 2.96. The number of carbonyl (C=O) groups is 1. The summed E-state index contributed by atoms with van der Waals surface area (Å²) in [6.45, 7) is 1.94. The Morgan fingerprint density at radius 2 is 2.50 bits per heavy atom. The number of nitrogen functional groups attached to an aromatic ring is 1. The number of ether oxygens (including phenoxy) is 1. The number of hydrogen-bond acceptors (Lipinski definition) is 6. The molecule has 1 aromatic heterocycles. The monoisotopic (exact) mass is 188 g/mol. The number of hydrogen-bond donors (Lipinski definition) is 2. The molecule has 0 bridgehead atoms. The number of esters is 1. The van der Waals surface area contributed by atoms with Crippen LogP contribution in [0.2, 0.25) is 0 Å². The Hall–Kier alpha value is -1.30. The van der Waals surface area contributed by atoms with Crippen LogP contribution in [0, 0.1) is 0 Å². The molecule has 0 aliphatic carbocycles. The predicted molar refractivity (Wildman–Crippen MR) is 44.1 cm³/mol. The van der Waals surface area contributed by atoms with Gasteiger partial charge in [-0.15, -0.1) is 0 Å². The highest BCUT2D eigenvalue weighted by molar-refractivity contribution is 7.17. The second-order valence-electron chi connectivity index (χ2n) is 1.93. The van der Waals surface area contributed by atoms with Crippen molar-refractivity contribution in [1.82, 2.24) is 4.98 Å². The Kier molecular flexibility index (Phi) is 2.49. The van der Waals surface area contributed by atoms with Crippen molar-refractivity contribution in [1.29, 1.82) is 0 Å². The lowest BCUT2D eigenvalue weighted by molar-refractivity contribution is 0.0528. The minimum atomic E-state index is -0.593. The zero-order valence-electron chi connectivity index (χ0n) is 6.40. The van der Waals surface area contributed by atoms with Crippen molar-refractivity contribution in [3.8, 4) is 5.88 Å². The fraction of sp³-hybridized carbons (Fsp3) is 0.333. The molecule has 3 N–H and O–H groups in total. The van der Waals surface area contributed by atoms with Crippen LogP contribution in [0.25, 0.3) is 0 Å². The van der Waals surface area contributed by atoms with E-state index in [4.69, 9.17) is 10.8 Å². The number of nitrogens with two attached hydrogens (primary N) is 1. The molecule has 1 heterocycles. The molecule has 0 fully saturated rings. The van der Waals surface area contributed by atoms with Crippen molar-refractivity contribution >= 4 is 22.4 Å². The van der Waals surface area contributed by atoms with Gasteiger partial charge in [0.2, 0.25) is 5.88 Å². The first-order chi connectivity index (χ1) is 5.65. The molecule has 0 saturated carbocycles. The third kappa shape index (κ3) is 1.65. The summed E-state index contributed by atoms with van der Waals surface area (Å²) in [4.78, 5) is 14.5. The van der Waals surface area contributed by atoms with E-state index < -0.39 is 5.97 Å².